The summed E-state index contributed by atoms with van der Waals surface area (Å²) in [5, 5.41) is 10.1. The smallest absolute Gasteiger partial charge is 0.218 e. The summed E-state index contributed by atoms with van der Waals surface area (Å²) in [6, 6.07) is 7.34. The van der Waals surface area contributed by atoms with Crippen LogP contribution in [0.5, 0.6) is 0 Å². The summed E-state index contributed by atoms with van der Waals surface area (Å²) in [5.74, 6) is -0.00000567. The van der Waals surface area contributed by atoms with Gasteiger partial charge in [0.25, 0.3) is 0 Å². The highest BCUT2D eigenvalue weighted by molar-refractivity contribution is 7.88. The predicted octanol–water partition coefficient (Wildman–Crippen LogP) is 1.21. The molecule has 1 unspecified atom stereocenters. The summed E-state index contributed by atoms with van der Waals surface area (Å²) in [6.45, 7) is 3.10. The van der Waals surface area contributed by atoms with E-state index in [1.54, 1.807) is 6.92 Å². The van der Waals surface area contributed by atoms with Crippen molar-refractivity contribution in [2.45, 2.75) is 44.1 Å². The van der Waals surface area contributed by atoms with Crippen molar-refractivity contribution in [2.24, 2.45) is 5.73 Å². The summed E-state index contributed by atoms with van der Waals surface area (Å²) in [4.78, 5) is 0. The number of hydrogen-bond donors (Lipinski definition) is 2. The number of hydrogen-bond acceptors (Lipinski definition) is 4. The molecule has 1 fully saturated rings. The largest absolute Gasteiger partial charge is 0.390 e. The molecule has 1 aliphatic heterocycles. The fourth-order valence-electron chi connectivity index (χ4n) is 2.59. The van der Waals surface area contributed by atoms with Crippen LogP contribution < -0.4 is 5.73 Å². The van der Waals surface area contributed by atoms with Crippen LogP contribution in [-0.4, -0.2) is 36.5 Å². The first-order valence-corrected chi connectivity index (χ1v) is 8.91. The topological polar surface area (TPSA) is 83.6 Å². The Morgan fingerprint density at radius 3 is 2.43 bits per heavy atom. The van der Waals surface area contributed by atoms with Crippen LogP contribution in [0.3, 0.4) is 0 Å². The lowest BCUT2D eigenvalue weighted by molar-refractivity contribution is 0.0465. The average molecular weight is 312 g/mol. The summed E-state index contributed by atoms with van der Waals surface area (Å²) in [7, 11) is -3.34. The van der Waals surface area contributed by atoms with Crippen molar-refractivity contribution in [3.8, 4) is 0 Å². The fourth-order valence-corrected chi connectivity index (χ4v) is 4.16. The van der Waals surface area contributed by atoms with Crippen molar-refractivity contribution in [1.29, 1.82) is 0 Å². The van der Waals surface area contributed by atoms with Crippen LogP contribution in [0.15, 0.2) is 24.3 Å². The summed E-state index contributed by atoms with van der Waals surface area (Å²) < 4.78 is 26.5. The molecule has 0 spiro atoms. The van der Waals surface area contributed by atoms with Gasteiger partial charge in [0.15, 0.2) is 0 Å². The minimum Gasteiger partial charge on any atom is -0.390 e. The molecule has 1 aliphatic rings. The fraction of sp³-hybridized carbons (Fsp3) is 0.600. The Morgan fingerprint density at radius 2 is 1.81 bits per heavy atom. The summed E-state index contributed by atoms with van der Waals surface area (Å²) in [6.07, 6.45) is 1.82. The van der Waals surface area contributed by atoms with Gasteiger partial charge >= 0.3 is 0 Å². The standard InChI is InChI=1S/C15H24N2O3S/c1-15(18)7-2-9-17(10-8-15)21(19,20)12-14-5-3-13(11-16)4-6-14/h3-6,18H,2,7-12,16H2,1H3. The molecule has 5 nitrogen and oxygen atoms in total. The first-order valence-electron chi connectivity index (χ1n) is 7.30. The monoisotopic (exact) mass is 312 g/mol. The molecule has 1 heterocycles. The number of rotatable bonds is 4. The van der Waals surface area contributed by atoms with Gasteiger partial charge in [-0.2, -0.15) is 0 Å². The van der Waals surface area contributed by atoms with Crippen LogP contribution in [-0.2, 0) is 22.3 Å². The van der Waals surface area contributed by atoms with E-state index in [9.17, 15) is 13.5 Å². The van der Waals surface area contributed by atoms with Crippen LogP contribution in [0.1, 0.15) is 37.3 Å². The molecule has 118 valence electrons. The van der Waals surface area contributed by atoms with E-state index in [0.717, 1.165) is 11.1 Å². The Morgan fingerprint density at radius 1 is 1.19 bits per heavy atom. The highest BCUT2D eigenvalue weighted by atomic mass is 32.2. The maximum absolute atomic E-state index is 12.5. The number of aliphatic hydroxyl groups is 1. The van der Waals surface area contributed by atoms with Crippen molar-refractivity contribution >= 4 is 10.0 Å². The second-order valence-corrected chi connectivity index (χ2v) is 8.00. The lowest BCUT2D eigenvalue weighted by Gasteiger charge is -2.22. The first kappa shape index (κ1) is 16.4. The molecular weight excluding hydrogens is 288 g/mol. The molecule has 0 bridgehead atoms. The Kier molecular flexibility index (Phi) is 5.03. The van der Waals surface area contributed by atoms with Gasteiger partial charge in [0, 0.05) is 19.6 Å². The van der Waals surface area contributed by atoms with Gasteiger partial charge in [-0.3, -0.25) is 0 Å². The Labute approximate surface area is 126 Å². The third kappa shape index (κ3) is 4.51. The molecule has 3 N–H and O–H groups in total. The van der Waals surface area contributed by atoms with Gasteiger partial charge in [-0.25, -0.2) is 12.7 Å². The first-order chi connectivity index (χ1) is 9.82. The molecule has 0 aromatic heterocycles. The van der Waals surface area contributed by atoms with E-state index in [-0.39, 0.29) is 5.75 Å². The van der Waals surface area contributed by atoms with E-state index in [4.69, 9.17) is 5.73 Å². The third-order valence-corrected chi connectivity index (χ3v) is 5.87. The minimum atomic E-state index is -3.34. The predicted molar refractivity (Wildman–Crippen MR) is 83.0 cm³/mol. The van der Waals surface area contributed by atoms with Gasteiger partial charge in [-0.15, -0.1) is 0 Å². The van der Waals surface area contributed by atoms with Crippen LogP contribution in [0, 0.1) is 0 Å². The molecule has 0 aliphatic carbocycles. The molecule has 1 aromatic rings. The third-order valence-electron chi connectivity index (χ3n) is 4.02. The molecule has 0 radical (unpaired) electrons. The highest BCUT2D eigenvalue weighted by Gasteiger charge is 2.30. The molecule has 21 heavy (non-hydrogen) atoms. The Hall–Kier alpha value is -0.950. The van der Waals surface area contributed by atoms with Gasteiger partial charge in [0.2, 0.25) is 10.0 Å². The van der Waals surface area contributed by atoms with E-state index >= 15 is 0 Å². The van der Waals surface area contributed by atoms with Crippen molar-refractivity contribution in [2.75, 3.05) is 13.1 Å². The van der Waals surface area contributed by atoms with Gasteiger partial charge in [-0.05, 0) is 37.3 Å². The normalized spacial score (nSPS) is 24.7. The quantitative estimate of drug-likeness (QED) is 0.875. The van der Waals surface area contributed by atoms with E-state index in [2.05, 4.69) is 0 Å². The van der Waals surface area contributed by atoms with Gasteiger partial charge in [-0.1, -0.05) is 24.3 Å². The van der Waals surface area contributed by atoms with Crippen molar-refractivity contribution < 1.29 is 13.5 Å². The zero-order valence-corrected chi connectivity index (χ0v) is 13.3. The van der Waals surface area contributed by atoms with E-state index in [1.165, 1.54) is 4.31 Å². The molecule has 2 rings (SSSR count). The van der Waals surface area contributed by atoms with Crippen LogP contribution in [0.25, 0.3) is 0 Å². The number of nitrogens with zero attached hydrogens (tertiary/aromatic N) is 1. The number of sulfonamides is 1. The second-order valence-electron chi connectivity index (χ2n) is 6.03. The average Bonchev–Trinajstić information content (AvgIpc) is 2.60. The van der Waals surface area contributed by atoms with Crippen molar-refractivity contribution in [3.05, 3.63) is 35.4 Å². The van der Waals surface area contributed by atoms with Gasteiger partial charge in [0.05, 0.1) is 11.4 Å². The highest BCUT2D eigenvalue weighted by Crippen LogP contribution is 2.24. The molecule has 6 heteroatoms. The molecular formula is C15H24N2O3S. The van der Waals surface area contributed by atoms with E-state index < -0.39 is 15.6 Å². The molecule has 0 saturated carbocycles. The van der Waals surface area contributed by atoms with Gasteiger partial charge in [0.1, 0.15) is 0 Å². The number of nitrogens with two attached hydrogens (primary N) is 1. The maximum atomic E-state index is 12.5. The van der Waals surface area contributed by atoms with E-state index in [0.29, 0.717) is 38.9 Å². The summed E-state index contributed by atoms with van der Waals surface area (Å²) >= 11 is 0. The summed E-state index contributed by atoms with van der Waals surface area (Å²) in [5.41, 5.74) is 6.53. The molecule has 1 aromatic carbocycles. The lowest BCUT2D eigenvalue weighted by atomic mass is 9.98. The second kappa shape index (κ2) is 6.44. The zero-order chi connectivity index (χ0) is 15.5. The van der Waals surface area contributed by atoms with Crippen LogP contribution in [0.2, 0.25) is 0 Å². The molecule has 0 amide bonds. The van der Waals surface area contributed by atoms with Gasteiger partial charge < -0.3 is 10.8 Å². The zero-order valence-electron chi connectivity index (χ0n) is 12.5. The Bertz CT molecular complexity index is 567. The maximum Gasteiger partial charge on any atom is 0.218 e. The van der Waals surface area contributed by atoms with Crippen LogP contribution in [0.4, 0.5) is 0 Å². The van der Waals surface area contributed by atoms with E-state index in [1.807, 2.05) is 24.3 Å². The molecule has 1 saturated heterocycles. The lowest BCUT2D eigenvalue weighted by Crippen LogP contribution is -2.34. The molecule has 1 atom stereocenters. The number of benzene rings is 1. The van der Waals surface area contributed by atoms with Crippen molar-refractivity contribution in [1.82, 2.24) is 4.31 Å². The minimum absolute atomic E-state index is 0.00000567. The SMILES string of the molecule is CC1(O)CCCN(S(=O)(=O)Cc2ccc(CN)cc2)CC1. The Balaban J connectivity index is 2.06. The van der Waals surface area contributed by atoms with Crippen LogP contribution >= 0.6 is 0 Å². The van der Waals surface area contributed by atoms with Crippen molar-refractivity contribution in [3.63, 3.8) is 0 Å².